The first-order chi connectivity index (χ1) is 28.3. The minimum Gasteiger partial charge on any atom is -0.480 e. The van der Waals surface area contributed by atoms with Crippen molar-refractivity contribution < 1.29 is 34.1 Å². The number of carbonyl (C=O) groups is 4. The Morgan fingerprint density at radius 3 is 1.57 bits per heavy atom. The Morgan fingerprint density at radius 1 is 0.552 bits per heavy atom. The highest BCUT2D eigenvalue weighted by Crippen LogP contribution is 2.16. The average molecular weight is 815 g/mol. The second-order valence-corrected chi connectivity index (χ2v) is 15.8. The van der Waals surface area contributed by atoms with Gasteiger partial charge in [0.15, 0.2) is 0 Å². The number of allylic oxidation sites excluding steroid dienone is 7. The number of carbonyl (C=O) groups excluding carboxylic acids is 3. The van der Waals surface area contributed by atoms with E-state index >= 15 is 0 Å². The molecule has 0 rings (SSSR count). The molecule has 0 saturated heterocycles. The van der Waals surface area contributed by atoms with Crippen LogP contribution in [0.3, 0.4) is 0 Å². The number of rotatable bonds is 42. The monoisotopic (exact) mass is 815 g/mol. The third-order valence-corrected chi connectivity index (χ3v) is 10.3. The first-order valence-corrected chi connectivity index (χ1v) is 23.5. The number of hydrogen-bond acceptors (Lipinski definition) is 6. The summed E-state index contributed by atoms with van der Waals surface area (Å²) in [7, 11) is 0. The van der Waals surface area contributed by atoms with Gasteiger partial charge in [-0.25, -0.2) is 4.79 Å². The minimum atomic E-state index is -1.39. The predicted molar refractivity (Wildman–Crippen MR) is 241 cm³/mol. The summed E-state index contributed by atoms with van der Waals surface area (Å²) < 4.78 is 5.89. The number of carboxylic acid groups (broad SMARTS) is 1. The number of aliphatic hydroxyl groups excluding tert-OH is 1. The maximum atomic E-state index is 12.7. The molecule has 2 amide bonds. The van der Waals surface area contributed by atoms with Crippen molar-refractivity contribution in [1.82, 2.24) is 10.6 Å². The lowest BCUT2D eigenvalue weighted by Crippen LogP contribution is -2.47. The number of esters is 1. The predicted octanol–water partition coefficient (Wildman–Crippen LogP) is 11.9. The minimum absolute atomic E-state index is 0.136. The fourth-order valence-corrected chi connectivity index (χ4v) is 6.70. The number of ether oxygens (including phenoxy) is 1. The summed E-state index contributed by atoms with van der Waals surface area (Å²) >= 11 is 0. The van der Waals surface area contributed by atoms with E-state index in [4.69, 9.17) is 14.9 Å². The molecule has 0 aliphatic rings. The van der Waals surface area contributed by atoms with E-state index in [0.29, 0.717) is 12.8 Å². The second kappa shape index (κ2) is 43.4. The van der Waals surface area contributed by atoms with Crippen LogP contribution < -0.4 is 10.6 Å². The van der Waals surface area contributed by atoms with Gasteiger partial charge < -0.3 is 25.6 Å². The van der Waals surface area contributed by atoms with E-state index in [1.54, 1.807) is 0 Å². The van der Waals surface area contributed by atoms with E-state index in [1.165, 1.54) is 122 Å². The first-order valence-electron chi connectivity index (χ1n) is 23.5. The number of nitrogens with one attached hydrogen (secondary N) is 2. The maximum absolute atomic E-state index is 12.7. The van der Waals surface area contributed by atoms with Crippen LogP contribution in [0.1, 0.15) is 213 Å². The first kappa shape index (κ1) is 54.8. The number of aliphatic carboxylic acids is 1. The van der Waals surface area contributed by atoms with E-state index < -0.39 is 24.5 Å². The maximum Gasteiger partial charge on any atom is 0.328 e. The Kier molecular flexibility index (Phi) is 41.0. The molecule has 0 radical (unpaired) electrons. The van der Waals surface area contributed by atoms with Gasteiger partial charge in [0.25, 0.3) is 0 Å². The number of carboxylic acids is 1. The van der Waals surface area contributed by atoms with Crippen molar-refractivity contribution in [3.63, 3.8) is 0 Å². The van der Waals surface area contributed by atoms with Crippen LogP contribution in [0.15, 0.2) is 48.6 Å². The van der Waals surface area contributed by atoms with Crippen LogP contribution in [0.4, 0.5) is 0 Å². The number of aliphatic hydroxyl groups is 1. The molecular formula is C49H86N2O7. The third kappa shape index (κ3) is 39.6. The van der Waals surface area contributed by atoms with E-state index in [1.807, 2.05) is 6.08 Å². The zero-order chi connectivity index (χ0) is 42.6. The quantitative estimate of drug-likeness (QED) is 0.0273. The summed E-state index contributed by atoms with van der Waals surface area (Å²) in [5.74, 6) is -2.44. The topological polar surface area (TPSA) is 142 Å². The molecule has 334 valence electrons. The highest BCUT2D eigenvalue weighted by Gasteiger charge is 2.18. The van der Waals surface area contributed by atoms with Crippen molar-refractivity contribution in [2.24, 2.45) is 0 Å². The highest BCUT2D eigenvalue weighted by molar-refractivity contribution is 5.87. The molecule has 0 bridgehead atoms. The Bertz CT molecular complexity index is 1120. The van der Waals surface area contributed by atoms with Crippen molar-refractivity contribution in [3.8, 4) is 0 Å². The Hall–Kier alpha value is -3.20. The number of amides is 2. The molecule has 0 aromatic rings. The smallest absolute Gasteiger partial charge is 0.328 e. The molecule has 9 heteroatoms. The SMILES string of the molecule is CC/C=C\C/C=C\C/C=C\C(CCCCCCC(=O)NCC(=O)NC(CO)C(=O)O)OC(=O)CCCCCCCCCCCCC/C=C\CCCCCCCCCC. The van der Waals surface area contributed by atoms with Crippen molar-refractivity contribution >= 4 is 23.8 Å². The molecule has 0 spiro atoms. The molecule has 0 aromatic carbocycles. The zero-order valence-electron chi connectivity index (χ0n) is 37.0. The van der Waals surface area contributed by atoms with Crippen molar-refractivity contribution in [1.29, 1.82) is 0 Å². The van der Waals surface area contributed by atoms with Crippen molar-refractivity contribution in [2.45, 2.75) is 225 Å². The van der Waals surface area contributed by atoms with Crippen LogP contribution in [-0.2, 0) is 23.9 Å². The van der Waals surface area contributed by atoms with Gasteiger partial charge in [0.2, 0.25) is 11.8 Å². The summed E-state index contributed by atoms with van der Waals surface area (Å²) in [6.45, 7) is 3.33. The van der Waals surface area contributed by atoms with Crippen molar-refractivity contribution in [2.75, 3.05) is 13.2 Å². The molecule has 0 aromatic heterocycles. The van der Waals surface area contributed by atoms with E-state index in [9.17, 15) is 19.2 Å². The van der Waals surface area contributed by atoms with Gasteiger partial charge in [-0.3, -0.25) is 14.4 Å². The van der Waals surface area contributed by atoms with Gasteiger partial charge in [-0.2, -0.15) is 0 Å². The molecule has 0 saturated carbocycles. The van der Waals surface area contributed by atoms with Gasteiger partial charge >= 0.3 is 11.9 Å². The molecule has 4 N–H and O–H groups in total. The Labute approximate surface area is 354 Å². The average Bonchev–Trinajstić information content (AvgIpc) is 3.21. The van der Waals surface area contributed by atoms with Crippen LogP contribution in [0, 0.1) is 0 Å². The molecule has 0 heterocycles. The van der Waals surface area contributed by atoms with Gasteiger partial charge in [0.1, 0.15) is 12.1 Å². The Morgan fingerprint density at radius 2 is 1.03 bits per heavy atom. The number of hydrogen-bond donors (Lipinski definition) is 4. The van der Waals surface area contributed by atoms with Crippen LogP contribution >= 0.6 is 0 Å². The van der Waals surface area contributed by atoms with E-state index in [2.05, 4.69) is 67.0 Å². The van der Waals surface area contributed by atoms with Gasteiger partial charge in [-0.05, 0) is 76.7 Å². The van der Waals surface area contributed by atoms with Gasteiger partial charge in [-0.15, -0.1) is 0 Å². The van der Waals surface area contributed by atoms with Gasteiger partial charge in [-0.1, -0.05) is 172 Å². The van der Waals surface area contributed by atoms with E-state index in [-0.39, 0.29) is 30.9 Å². The molecule has 2 unspecified atom stereocenters. The van der Waals surface area contributed by atoms with Crippen molar-refractivity contribution in [3.05, 3.63) is 48.6 Å². The van der Waals surface area contributed by atoms with Crippen LogP contribution in [0.2, 0.25) is 0 Å². The van der Waals surface area contributed by atoms with Gasteiger partial charge in [0, 0.05) is 12.8 Å². The summed E-state index contributed by atoms with van der Waals surface area (Å²) in [5.41, 5.74) is 0. The summed E-state index contributed by atoms with van der Waals surface area (Å²) in [4.78, 5) is 47.6. The van der Waals surface area contributed by atoms with Crippen LogP contribution in [-0.4, -0.2) is 59.3 Å². The second-order valence-electron chi connectivity index (χ2n) is 15.8. The largest absolute Gasteiger partial charge is 0.480 e. The summed E-state index contributed by atoms with van der Waals surface area (Å²) in [6.07, 6.45) is 51.8. The summed E-state index contributed by atoms with van der Waals surface area (Å²) in [5, 5.41) is 22.5. The Balaban J connectivity index is 4.12. The fourth-order valence-electron chi connectivity index (χ4n) is 6.70. The summed E-state index contributed by atoms with van der Waals surface area (Å²) in [6, 6.07) is -1.39. The lowest BCUT2D eigenvalue weighted by Gasteiger charge is -2.15. The zero-order valence-corrected chi connectivity index (χ0v) is 37.0. The normalized spacial score (nSPS) is 12.9. The third-order valence-electron chi connectivity index (χ3n) is 10.3. The molecule has 0 aliphatic heterocycles. The van der Waals surface area contributed by atoms with Crippen LogP contribution in [0.25, 0.3) is 0 Å². The number of unbranched alkanes of at least 4 members (excludes halogenated alkanes) is 22. The van der Waals surface area contributed by atoms with E-state index in [0.717, 1.165) is 57.8 Å². The lowest BCUT2D eigenvalue weighted by molar-refractivity contribution is -0.147. The standard InChI is InChI=1S/C49H86N2O7/c1-3-5-7-9-11-13-14-15-16-17-18-19-20-21-22-23-24-25-26-27-29-31-37-41-48(55)58-44(38-34-30-28-12-10-8-6-4-2)39-35-32-33-36-40-46(53)50-42-47(54)51-45(43-52)49(56)57/h6,8,12,17-18,28,34,38,44-45,52H,3-5,7,9-11,13-16,19-27,29-33,35-37,39-43H2,1-2H3,(H,50,53)(H,51,54)(H,56,57)/b8-6-,18-17-,28-12-,38-34-. The lowest BCUT2D eigenvalue weighted by atomic mass is 10.0. The fraction of sp³-hybridized carbons (Fsp3) is 0.755. The highest BCUT2D eigenvalue weighted by atomic mass is 16.5. The molecule has 0 aliphatic carbocycles. The van der Waals surface area contributed by atoms with Gasteiger partial charge in [0.05, 0.1) is 13.2 Å². The molecular weight excluding hydrogens is 729 g/mol. The molecule has 58 heavy (non-hydrogen) atoms. The molecule has 2 atom stereocenters. The van der Waals surface area contributed by atoms with Crippen LogP contribution in [0.5, 0.6) is 0 Å². The molecule has 0 fully saturated rings. The molecule has 9 nitrogen and oxygen atoms in total.